The van der Waals surface area contributed by atoms with Gasteiger partial charge >= 0.3 is 6.09 Å². The van der Waals surface area contributed by atoms with Gasteiger partial charge in [-0.15, -0.1) is 0 Å². The molecule has 1 saturated heterocycles. The normalized spacial score (nSPS) is 19.3. The Kier molecular flexibility index (Phi) is 5.25. The standard InChI is InChI=1S/C18H30N4O2S/c1-13(2)20-8-10-21(11-9-20)16-19-14-6-7-22(12-15(14)25-16)17(23)24-18(3,4)5/h13H,6-12H2,1-5H3. The lowest BCUT2D eigenvalue weighted by Gasteiger charge is -2.36. The van der Waals surface area contributed by atoms with Crippen LogP contribution in [0.3, 0.4) is 0 Å². The smallest absolute Gasteiger partial charge is 0.410 e. The molecule has 0 N–H and O–H groups in total. The van der Waals surface area contributed by atoms with E-state index in [1.165, 1.54) is 4.88 Å². The maximum Gasteiger partial charge on any atom is 0.410 e. The Balaban J connectivity index is 1.63. The van der Waals surface area contributed by atoms with Crippen LogP contribution in [-0.2, 0) is 17.7 Å². The van der Waals surface area contributed by atoms with Gasteiger partial charge in [0.25, 0.3) is 0 Å². The summed E-state index contributed by atoms with van der Waals surface area (Å²) in [5.74, 6) is 0. The lowest BCUT2D eigenvalue weighted by atomic mass is 10.2. The highest BCUT2D eigenvalue weighted by Gasteiger charge is 2.29. The molecule has 0 bridgehead atoms. The van der Waals surface area contributed by atoms with E-state index in [9.17, 15) is 4.79 Å². The van der Waals surface area contributed by atoms with Crippen LogP contribution in [0.2, 0.25) is 0 Å². The predicted molar refractivity (Wildman–Crippen MR) is 101 cm³/mol. The van der Waals surface area contributed by atoms with Gasteiger partial charge in [-0.1, -0.05) is 11.3 Å². The first-order valence-corrected chi connectivity index (χ1v) is 10.00. The van der Waals surface area contributed by atoms with Crippen molar-refractivity contribution in [1.29, 1.82) is 0 Å². The van der Waals surface area contributed by atoms with Gasteiger partial charge < -0.3 is 14.5 Å². The number of anilines is 1. The second-order valence-electron chi connectivity index (χ2n) is 8.13. The van der Waals surface area contributed by atoms with Crippen molar-refractivity contribution < 1.29 is 9.53 Å². The Labute approximate surface area is 154 Å². The van der Waals surface area contributed by atoms with E-state index in [1.54, 1.807) is 16.2 Å². The molecule has 0 spiro atoms. The lowest BCUT2D eigenvalue weighted by molar-refractivity contribution is 0.0225. The number of rotatable bonds is 2. The van der Waals surface area contributed by atoms with Crippen LogP contribution in [0.1, 0.15) is 45.2 Å². The summed E-state index contributed by atoms with van der Waals surface area (Å²) in [6.45, 7) is 15.8. The van der Waals surface area contributed by atoms with Gasteiger partial charge in [0.05, 0.1) is 12.2 Å². The minimum Gasteiger partial charge on any atom is -0.444 e. The monoisotopic (exact) mass is 366 g/mol. The van der Waals surface area contributed by atoms with Crippen molar-refractivity contribution in [1.82, 2.24) is 14.8 Å². The number of carbonyl (C=O) groups is 1. The van der Waals surface area contributed by atoms with E-state index in [2.05, 4.69) is 23.6 Å². The highest BCUT2D eigenvalue weighted by atomic mass is 32.1. The van der Waals surface area contributed by atoms with Gasteiger partial charge in [0.15, 0.2) is 5.13 Å². The summed E-state index contributed by atoms with van der Waals surface area (Å²) < 4.78 is 5.50. The molecule has 2 aliphatic rings. The Morgan fingerprint density at radius 1 is 1.16 bits per heavy atom. The Bertz CT molecular complexity index is 615. The van der Waals surface area contributed by atoms with E-state index in [0.717, 1.165) is 43.4 Å². The molecule has 0 unspecified atom stereocenters. The number of aromatic nitrogens is 1. The van der Waals surface area contributed by atoms with Gasteiger partial charge in [-0.2, -0.15) is 0 Å². The van der Waals surface area contributed by atoms with Crippen LogP contribution in [0, 0.1) is 0 Å². The lowest BCUT2D eigenvalue weighted by Crippen LogP contribution is -2.48. The van der Waals surface area contributed by atoms with Crippen LogP contribution in [0.15, 0.2) is 0 Å². The molecule has 7 heteroatoms. The fraction of sp³-hybridized carbons (Fsp3) is 0.778. The van der Waals surface area contributed by atoms with Crippen LogP contribution in [0.4, 0.5) is 9.93 Å². The average Bonchev–Trinajstić information content (AvgIpc) is 2.96. The molecular weight excluding hydrogens is 336 g/mol. The second-order valence-corrected chi connectivity index (χ2v) is 9.20. The molecule has 0 aliphatic carbocycles. The first kappa shape index (κ1) is 18.5. The quantitative estimate of drug-likeness (QED) is 0.805. The van der Waals surface area contributed by atoms with Crippen LogP contribution in [-0.4, -0.2) is 65.2 Å². The third-order valence-electron chi connectivity index (χ3n) is 4.69. The largest absolute Gasteiger partial charge is 0.444 e. The first-order valence-electron chi connectivity index (χ1n) is 9.18. The number of fused-ring (bicyclic) bond motifs is 1. The van der Waals surface area contributed by atoms with Gasteiger partial charge in [0.1, 0.15) is 5.60 Å². The number of piperazine rings is 1. The Morgan fingerprint density at radius 2 is 1.84 bits per heavy atom. The Hall–Kier alpha value is -1.34. The molecule has 1 aromatic heterocycles. The van der Waals surface area contributed by atoms with Crippen molar-refractivity contribution in [3.63, 3.8) is 0 Å². The molecule has 140 valence electrons. The van der Waals surface area contributed by atoms with Gasteiger partial charge in [0.2, 0.25) is 0 Å². The number of carbonyl (C=O) groups excluding carboxylic acids is 1. The van der Waals surface area contributed by atoms with Gasteiger partial charge in [0, 0.05) is 50.1 Å². The maximum absolute atomic E-state index is 12.3. The van der Waals surface area contributed by atoms with Crippen molar-refractivity contribution in [3.8, 4) is 0 Å². The summed E-state index contributed by atoms with van der Waals surface area (Å²) >= 11 is 1.74. The highest BCUT2D eigenvalue weighted by Crippen LogP contribution is 2.31. The number of thiazole rings is 1. The SMILES string of the molecule is CC(C)N1CCN(c2nc3c(s2)CN(C(=O)OC(C)(C)C)CC3)CC1. The average molecular weight is 367 g/mol. The van der Waals surface area contributed by atoms with Gasteiger partial charge in [-0.25, -0.2) is 9.78 Å². The minimum absolute atomic E-state index is 0.223. The molecule has 0 radical (unpaired) electrons. The zero-order valence-electron chi connectivity index (χ0n) is 16.0. The van der Waals surface area contributed by atoms with Gasteiger partial charge in [-0.05, 0) is 34.6 Å². The van der Waals surface area contributed by atoms with Crippen molar-refractivity contribution in [2.75, 3.05) is 37.6 Å². The summed E-state index contributed by atoms with van der Waals surface area (Å²) in [5, 5.41) is 1.11. The minimum atomic E-state index is -0.452. The zero-order valence-corrected chi connectivity index (χ0v) is 16.9. The molecule has 0 saturated carbocycles. The Morgan fingerprint density at radius 3 is 2.44 bits per heavy atom. The van der Waals surface area contributed by atoms with Crippen molar-refractivity contribution in [2.45, 2.75) is 59.2 Å². The molecule has 3 rings (SSSR count). The van der Waals surface area contributed by atoms with Gasteiger partial charge in [-0.3, -0.25) is 4.90 Å². The first-order chi connectivity index (χ1) is 11.7. The van der Waals surface area contributed by atoms with Crippen LogP contribution >= 0.6 is 11.3 Å². The van der Waals surface area contributed by atoms with E-state index in [1.807, 2.05) is 20.8 Å². The van der Waals surface area contributed by atoms with Crippen molar-refractivity contribution in [2.24, 2.45) is 0 Å². The number of amides is 1. The molecule has 0 atom stereocenters. The molecule has 2 aliphatic heterocycles. The number of hydrogen-bond acceptors (Lipinski definition) is 6. The second kappa shape index (κ2) is 7.11. The zero-order chi connectivity index (χ0) is 18.2. The summed E-state index contributed by atoms with van der Waals surface area (Å²) in [6, 6.07) is 0.606. The fourth-order valence-electron chi connectivity index (χ4n) is 3.23. The van der Waals surface area contributed by atoms with E-state index in [0.29, 0.717) is 19.1 Å². The molecular formula is C18H30N4O2S. The summed E-state index contributed by atoms with van der Waals surface area (Å²) in [4.78, 5) is 25.1. The predicted octanol–water partition coefficient (Wildman–Crippen LogP) is 2.97. The summed E-state index contributed by atoms with van der Waals surface area (Å²) in [5.41, 5.74) is 0.706. The molecule has 25 heavy (non-hydrogen) atoms. The van der Waals surface area contributed by atoms with Crippen molar-refractivity contribution in [3.05, 3.63) is 10.6 Å². The summed E-state index contributed by atoms with van der Waals surface area (Å²) in [6.07, 6.45) is 0.593. The topological polar surface area (TPSA) is 48.9 Å². The third kappa shape index (κ3) is 4.44. The number of ether oxygens (including phenoxy) is 1. The molecule has 6 nitrogen and oxygen atoms in total. The van der Waals surface area contributed by atoms with E-state index >= 15 is 0 Å². The maximum atomic E-state index is 12.3. The van der Waals surface area contributed by atoms with Crippen molar-refractivity contribution >= 4 is 22.6 Å². The van der Waals surface area contributed by atoms with E-state index < -0.39 is 5.60 Å². The van der Waals surface area contributed by atoms with E-state index in [4.69, 9.17) is 9.72 Å². The van der Waals surface area contributed by atoms with Crippen LogP contribution < -0.4 is 4.90 Å². The number of hydrogen-bond donors (Lipinski definition) is 0. The fourth-order valence-corrected chi connectivity index (χ4v) is 4.40. The van der Waals surface area contributed by atoms with Crippen LogP contribution in [0.25, 0.3) is 0 Å². The molecule has 1 amide bonds. The summed E-state index contributed by atoms with van der Waals surface area (Å²) in [7, 11) is 0. The molecule has 1 aromatic rings. The molecule has 1 fully saturated rings. The highest BCUT2D eigenvalue weighted by molar-refractivity contribution is 7.15. The van der Waals surface area contributed by atoms with Crippen LogP contribution in [0.5, 0.6) is 0 Å². The number of nitrogens with zero attached hydrogens (tertiary/aromatic N) is 4. The third-order valence-corrected chi connectivity index (χ3v) is 5.83. The molecule has 0 aromatic carbocycles. The molecule has 3 heterocycles. The van der Waals surface area contributed by atoms with E-state index in [-0.39, 0.29) is 6.09 Å².